The number of nitrogens with one attached hydrogen (secondary N) is 1. The molecule has 1 unspecified atom stereocenters. The summed E-state index contributed by atoms with van der Waals surface area (Å²) in [5.74, 6) is -0.510. The molecule has 114 valence electrons. The van der Waals surface area contributed by atoms with E-state index in [2.05, 4.69) is 19.2 Å². The van der Waals surface area contributed by atoms with E-state index in [-0.39, 0.29) is 11.9 Å². The van der Waals surface area contributed by atoms with E-state index in [1.54, 1.807) is 18.2 Å². The zero-order valence-electron chi connectivity index (χ0n) is 12.7. The second-order valence-corrected chi connectivity index (χ2v) is 5.92. The molecule has 1 atom stereocenters. The molecule has 0 fully saturated rings. The minimum absolute atomic E-state index is 0.00589. The van der Waals surface area contributed by atoms with E-state index in [1.807, 2.05) is 11.8 Å². The lowest BCUT2D eigenvalue weighted by Crippen LogP contribution is -2.42. The molecule has 0 saturated carbocycles. The minimum Gasteiger partial charge on any atom is -0.478 e. The van der Waals surface area contributed by atoms with Gasteiger partial charge in [0.1, 0.15) is 0 Å². The highest BCUT2D eigenvalue weighted by Gasteiger charge is 2.23. The van der Waals surface area contributed by atoms with E-state index < -0.39 is 5.97 Å². The first-order valence-corrected chi connectivity index (χ1v) is 7.29. The number of amides is 1. The number of aromatic carboxylic acids is 1. The quantitative estimate of drug-likeness (QED) is 0.869. The summed E-state index contributed by atoms with van der Waals surface area (Å²) in [6.45, 7) is 7.21. The predicted molar refractivity (Wildman–Crippen MR) is 81.8 cm³/mol. The van der Waals surface area contributed by atoms with Gasteiger partial charge in [0.2, 0.25) is 5.91 Å². The van der Waals surface area contributed by atoms with Gasteiger partial charge < -0.3 is 15.3 Å². The molecule has 1 aliphatic rings. The van der Waals surface area contributed by atoms with Gasteiger partial charge in [0, 0.05) is 18.3 Å². The molecule has 0 spiro atoms. The number of rotatable bonds is 5. The first-order chi connectivity index (χ1) is 9.88. The Morgan fingerprint density at radius 2 is 2.05 bits per heavy atom. The Balaban J connectivity index is 2.03. The zero-order chi connectivity index (χ0) is 15.6. The van der Waals surface area contributed by atoms with Gasteiger partial charge in [-0.2, -0.15) is 0 Å². The predicted octanol–water partition coefficient (Wildman–Crippen LogP) is 1.91. The van der Waals surface area contributed by atoms with E-state index in [0.717, 1.165) is 24.2 Å². The number of carbonyl (C=O) groups is 2. The van der Waals surface area contributed by atoms with E-state index in [1.165, 1.54) is 0 Å². The lowest BCUT2D eigenvalue weighted by molar-refractivity contribution is -0.120. The van der Waals surface area contributed by atoms with Crippen molar-refractivity contribution in [2.75, 3.05) is 18.0 Å². The Bertz CT molecular complexity index is 554. The number of carboxylic acids is 1. The zero-order valence-corrected chi connectivity index (χ0v) is 12.7. The van der Waals surface area contributed by atoms with Crippen LogP contribution in [0.15, 0.2) is 18.2 Å². The van der Waals surface area contributed by atoms with Crippen molar-refractivity contribution in [3.05, 3.63) is 29.3 Å². The highest BCUT2D eigenvalue weighted by Crippen LogP contribution is 2.28. The average Bonchev–Trinajstić information content (AvgIpc) is 2.80. The molecule has 1 amide bonds. The Hall–Kier alpha value is -2.04. The van der Waals surface area contributed by atoms with Crippen LogP contribution in [0.3, 0.4) is 0 Å². The maximum atomic E-state index is 12.1. The van der Waals surface area contributed by atoms with Crippen molar-refractivity contribution in [3.8, 4) is 0 Å². The summed E-state index contributed by atoms with van der Waals surface area (Å²) in [5, 5.41) is 12.0. The van der Waals surface area contributed by atoms with Gasteiger partial charge in [-0.15, -0.1) is 0 Å². The van der Waals surface area contributed by atoms with Crippen LogP contribution in [-0.4, -0.2) is 36.1 Å². The second kappa shape index (κ2) is 6.16. The van der Waals surface area contributed by atoms with Gasteiger partial charge in [0.15, 0.2) is 0 Å². The van der Waals surface area contributed by atoms with E-state index in [9.17, 15) is 9.59 Å². The summed E-state index contributed by atoms with van der Waals surface area (Å²) >= 11 is 0. The topological polar surface area (TPSA) is 69.6 Å². The molecule has 0 radical (unpaired) electrons. The molecule has 1 aliphatic heterocycles. The minimum atomic E-state index is -0.917. The third kappa shape index (κ3) is 3.54. The molecule has 1 aromatic carbocycles. The number of carbonyl (C=O) groups excluding carboxylic acids is 1. The van der Waals surface area contributed by atoms with Gasteiger partial charge in [-0.25, -0.2) is 4.79 Å². The highest BCUT2D eigenvalue weighted by atomic mass is 16.4. The average molecular weight is 290 g/mol. The highest BCUT2D eigenvalue weighted by molar-refractivity contribution is 5.89. The van der Waals surface area contributed by atoms with Crippen LogP contribution >= 0.6 is 0 Å². The second-order valence-electron chi connectivity index (χ2n) is 5.92. The monoisotopic (exact) mass is 290 g/mol. The molecular weight excluding hydrogens is 268 g/mol. The maximum Gasteiger partial charge on any atom is 0.335 e. The molecular formula is C16H22N2O3. The number of hydrogen-bond donors (Lipinski definition) is 2. The van der Waals surface area contributed by atoms with Gasteiger partial charge in [0.25, 0.3) is 0 Å². The third-order valence-corrected chi connectivity index (χ3v) is 4.04. The van der Waals surface area contributed by atoms with Gasteiger partial charge in [-0.05, 0) is 43.0 Å². The van der Waals surface area contributed by atoms with Crippen LogP contribution < -0.4 is 10.2 Å². The first-order valence-electron chi connectivity index (χ1n) is 7.29. The summed E-state index contributed by atoms with van der Waals surface area (Å²) < 4.78 is 0. The fourth-order valence-corrected chi connectivity index (χ4v) is 2.41. The molecule has 21 heavy (non-hydrogen) atoms. The van der Waals surface area contributed by atoms with Crippen LogP contribution in [0.2, 0.25) is 0 Å². The van der Waals surface area contributed by atoms with Crippen molar-refractivity contribution in [2.24, 2.45) is 5.92 Å². The molecule has 0 aromatic heterocycles. The number of carboxylic acid groups (broad SMARTS) is 1. The van der Waals surface area contributed by atoms with Crippen LogP contribution in [0.1, 0.15) is 36.7 Å². The van der Waals surface area contributed by atoms with Gasteiger partial charge >= 0.3 is 5.97 Å². The lowest BCUT2D eigenvalue weighted by atomic mass is 10.1. The molecule has 5 heteroatoms. The summed E-state index contributed by atoms with van der Waals surface area (Å²) in [4.78, 5) is 25.0. The number of fused-ring (bicyclic) bond motifs is 1. The first kappa shape index (κ1) is 15.4. The Morgan fingerprint density at radius 1 is 1.33 bits per heavy atom. The summed E-state index contributed by atoms with van der Waals surface area (Å²) in [7, 11) is 0. The number of hydrogen-bond acceptors (Lipinski definition) is 3. The number of nitrogens with zero attached hydrogens (tertiary/aromatic N) is 1. The molecule has 0 aliphatic carbocycles. The summed E-state index contributed by atoms with van der Waals surface area (Å²) in [6, 6.07) is 5.24. The number of benzene rings is 1. The maximum absolute atomic E-state index is 12.1. The van der Waals surface area contributed by atoms with Crippen LogP contribution in [0, 0.1) is 5.92 Å². The van der Waals surface area contributed by atoms with E-state index in [4.69, 9.17) is 5.11 Å². The lowest BCUT2D eigenvalue weighted by Gasteiger charge is -2.22. The van der Waals surface area contributed by atoms with Crippen molar-refractivity contribution < 1.29 is 14.7 Å². The van der Waals surface area contributed by atoms with E-state index >= 15 is 0 Å². The van der Waals surface area contributed by atoms with Gasteiger partial charge in [0.05, 0.1) is 12.1 Å². The fourth-order valence-electron chi connectivity index (χ4n) is 2.41. The normalized spacial score (nSPS) is 15.0. The Labute approximate surface area is 125 Å². The van der Waals surface area contributed by atoms with Crippen molar-refractivity contribution in [1.29, 1.82) is 0 Å². The molecule has 5 nitrogen and oxygen atoms in total. The standard InChI is InChI=1S/C16H22N2O3/c1-10(2)11(3)17-15(19)9-18-7-6-12-8-13(16(20)21)4-5-14(12)18/h4-5,8,10-11H,6-7,9H2,1-3H3,(H,17,19)(H,20,21). The third-order valence-electron chi connectivity index (χ3n) is 4.04. The molecule has 1 heterocycles. The number of anilines is 1. The van der Waals surface area contributed by atoms with Crippen molar-refractivity contribution in [2.45, 2.75) is 33.2 Å². The smallest absolute Gasteiger partial charge is 0.335 e. The molecule has 2 N–H and O–H groups in total. The fraction of sp³-hybridized carbons (Fsp3) is 0.500. The molecule has 0 saturated heterocycles. The molecule has 0 bridgehead atoms. The van der Waals surface area contributed by atoms with Crippen LogP contribution in [0.5, 0.6) is 0 Å². The van der Waals surface area contributed by atoms with Crippen molar-refractivity contribution in [1.82, 2.24) is 5.32 Å². The van der Waals surface area contributed by atoms with Crippen LogP contribution in [0.25, 0.3) is 0 Å². The van der Waals surface area contributed by atoms with Crippen molar-refractivity contribution in [3.63, 3.8) is 0 Å². The Morgan fingerprint density at radius 3 is 2.67 bits per heavy atom. The van der Waals surface area contributed by atoms with Crippen LogP contribution in [0.4, 0.5) is 5.69 Å². The van der Waals surface area contributed by atoms with Crippen molar-refractivity contribution >= 4 is 17.6 Å². The Kier molecular flexibility index (Phi) is 4.50. The van der Waals surface area contributed by atoms with Gasteiger partial charge in [-0.3, -0.25) is 4.79 Å². The van der Waals surface area contributed by atoms with Gasteiger partial charge in [-0.1, -0.05) is 13.8 Å². The summed E-state index contributed by atoms with van der Waals surface area (Å²) in [6.07, 6.45) is 0.781. The van der Waals surface area contributed by atoms with Crippen LogP contribution in [-0.2, 0) is 11.2 Å². The van der Waals surface area contributed by atoms with E-state index in [0.29, 0.717) is 18.0 Å². The largest absolute Gasteiger partial charge is 0.478 e. The molecule has 1 aromatic rings. The molecule has 2 rings (SSSR count). The summed E-state index contributed by atoms with van der Waals surface area (Å²) in [5.41, 5.74) is 2.26. The SMILES string of the molecule is CC(C)C(C)NC(=O)CN1CCc2cc(C(=O)O)ccc21.